The number of likely N-dealkylation sites (tertiary alicyclic amines) is 1. The van der Waals surface area contributed by atoms with Crippen molar-refractivity contribution in [2.45, 2.75) is 6.92 Å². The average Bonchev–Trinajstić information content (AvgIpc) is 3.57. The van der Waals surface area contributed by atoms with E-state index in [2.05, 4.69) is 15.7 Å². The molecule has 1 saturated heterocycles. The van der Waals surface area contributed by atoms with Gasteiger partial charge in [-0.2, -0.15) is 10.4 Å². The quantitative estimate of drug-likeness (QED) is 0.0783. The fourth-order valence-electron chi connectivity index (χ4n) is 3.99. The van der Waals surface area contributed by atoms with Crippen molar-refractivity contribution in [3.8, 4) is 6.07 Å². The van der Waals surface area contributed by atoms with Crippen LogP contribution in [0.2, 0.25) is 0 Å². The highest BCUT2D eigenvalue weighted by atomic mass is 16.6. The summed E-state index contributed by atoms with van der Waals surface area (Å²) in [5, 5.41) is 19.0. The van der Waals surface area contributed by atoms with E-state index in [9.17, 15) is 19.6 Å². The topological polar surface area (TPSA) is 166 Å². The molecule has 2 rings (SSSR count). The van der Waals surface area contributed by atoms with Crippen molar-refractivity contribution in [2.75, 3.05) is 92.2 Å². The monoisotopic (exact) mass is 578 g/mol. The third-order valence-electron chi connectivity index (χ3n) is 6.12. The van der Waals surface area contributed by atoms with E-state index in [1.54, 1.807) is 28.9 Å². The maximum absolute atomic E-state index is 12.9. The van der Waals surface area contributed by atoms with Crippen molar-refractivity contribution >= 4 is 24.3 Å². The van der Waals surface area contributed by atoms with Crippen molar-refractivity contribution in [3.63, 3.8) is 0 Å². The van der Waals surface area contributed by atoms with Crippen molar-refractivity contribution < 1.29 is 38.1 Å². The number of ether oxygens (including phenoxy) is 5. The van der Waals surface area contributed by atoms with Gasteiger partial charge >= 0.3 is 0 Å². The van der Waals surface area contributed by atoms with E-state index >= 15 is 0 Å². The Kier molecular flexibility index (Phi) is 16.9. The number of nitrogens with one attached hydrogen (secondary N) is 2. The summed E-state index contributed by atoms with van der Waals surface area (Å²) in [6, 6.07) is 3.67. The molecule has 0 saturated carbocycles. The van der Waals surface area contributed by atoms with Crippen LogP contribution in [-0.2, 0) is 45.1 Å². The molecular weight excluding hydrogens is 536 g/mol. The van der Waals surface area contributed by atoms with Gasteiger partial charge in [-0.25, -0.2) is 0 Å². The smallest absolute Gasteiger partial charge is 0.264 e. The van der Waals surface area contributed by atoms with Crippen molar-refractivity contribution in [1.29, 1.82) is 5.26 Å². The van der Waals surface area contributed by atoms with Gasteiger partial charge in [-0.05, 0) is 18.1 Å². The Hall–Kier alpha value is -3.35. The Morgan fingerprint density at radius 2 is 1.54 bits per heavy atom. The Labute approximate surface area is 240 Å². The molecule has 0 aliphatic carbocycles. The summed E-state index contributed by atoms with van der Waals surface area (Å²) in [5.41, 5.74) is 0.521. The molecular formula is C27H42N6O8. The predicted octanol–water partition coefficient (Wildman–Crippen LogP) is -0.633. The summed E-state index contributed by atoms with van der Waals surface area (Å²) in [6.45, 7) is 7.74. The maximum atomic E-state index is 12.9. The van der Waals surface area contributed by atoms with Gasteiger partial charge in [0.1, 0.15) is 11.6 Å². The lowest BCUT2D eigenvalue weighted by Gasteiger charge is -2.16. The molecule has 228 valence electrons. The highest BCUT2D eigenvalue weighted by molar-refractivity contribution is 6.02. The van der Waals surface area contributed by atoms with E-state index in [1.807, 2.05) is 13.0 Å². The molecule has 1 fully saturated rings. The number of rotatable bonds is 22. The molecule has 1 aliphatic heterocycles. The van der Waals surface area contributed by atoms with Crippen LogP contribution in [0, 0.1) is 23.2 Å². The van der Waals surface area contributed by atoms with Gasteiger partial charge in [0.2, 0.25) is 12.3 Å². The molecule has 0 bridgehead atoms. The first kappa shape index (κ1) is 33.9. The molecule has 0 aromatic carbocycles. The number of carbonyl (C=O) groups is 3. The second-order valence-corrected chi connectivity index (χ2v) is 9.30. The van der Waals surface area contributed by atoms with Gasteiger partial charge in [-0.3, -0.25) is 19.1 Å². The second-order valence-electron chi connectivity index (χ2n) is 9.30. The minimum Gasteiger partial charge on any atom is -0.377 e. The van der Waals surface area contributed by atoms with Gasteiger partial charge in [0.25, 0.3) is 5.91 Å². The Bertz CT molecular complexity index is 995. The standard InChI is InChI=1S/C27H42N6O8/c1-22-19-33(27(36)23(18-28)17-24-3-6-32(2)31-24)20-25(22)26(35)30-5-8-38-10-12-40-14-16-41-15-13-39-11-9-37-7-4-29-21-34/h3,6,17,21-22,25H,4-5,7-16,19-20H2,1-2H3,(H,29,34)(H,30,35)/b23-17+/t22-,25-/m1/s1. The lowest BCUT2D eigenvalue weighted by Crippen LogP contribution is -2.37. The zero-order chi connectivity index (χ0) is 29.7. The van der Waals surface area contributed by atoms with E-state index < -0.39 is 5.91 Å². The maximum Gasteiger partial charge on any atom is 0.264 e. The SMILES string of the molecule is C[C@@H]1CN(C(=O)/C(C#N)=C/c2ccn(C)n2)C[C@H]1C(=O)NCCOCCOCCOCCOCCOCCNC=O. The number of hydrogen-bond donors (Lipinski definition) is 2. The van der Waals surface area contributed by atoms with E-state index in [-0.39, 0.29) is 29.9 Å². The number of carbonyl (C=O) groups excluding carboxylic acids is 3. The van der Waals surface area contributed by atoms with Crippen LogP contribution in [0.25, 0.3) is 6.08 Å². The summed E-state index contributed by atoms with van der Waals surface area (Å²) < 4.78 is 28.6. The van der Waals surface area contributed by atoms with E-state index in [1.165, 1.54) is 6.08 Å². The molecule has 1 aromatic rings. The summed E-state index contributed by atoms with van der Waals surface area (Å²) >= 11 is 0. The summed E-state index contributed by atoms with van der Waals surface area (Å²) in [7, 11) is 1.76. The number of nitriles is 1. The zero-order valence-corrected chi connectivity index (χ0v) is 23.9. The molecule has 1 aliphatic rings. The van der Waals surface area contributed by atoms with Crippen LogP contribution < -0.4 is 10.6 Å². The largest absolute Gasteiger partial charge is 0.377 e. The molecule has 0 unspecified atom stereocenters. The van der Waals surface area contributed by atoms with Gasteiger partial charge in [0.05, 0.1) is 77.7 Å². The molecule has 0 spiro atoms. The van der Waals surface area contributed by atoms with Gasteiger partial charge in [-0.1, -0.05) is 6.92 Å². The molecule has 2 heterocycles. The van der Waals surface area contributed by atoms with Crippen LogP contribution in [0.5, 0.6) is 0 Å². The predicted molar refractivity (Wildman–Crippen MR) is 147 cm³/mol. The molecule has 41 heavy (non-hydrogen) atoms. The first-order chi connectivity index (χ1) is 20.0. The summed E-state index contributed by atoms with van der Waals surface area (Å²) in [4.78, 5) is 37.1. The van der Waals surface area contributed by atoms with Crippen molar-refractivity contribution in [3.05, 3.63) is 23.5 Å². The average molecular weight is 579 g/mol. The highest BCUT2D eigenvalue weighted by Crippen LogP contribution is 2.25. The van der Waals surface area contributed by atoms with Crippen LogP contribution in [-0.4, -0.2) is 125 Å². The van der Waals surface area contributed by atoms with Crippen LogP contribution in [0.15, 0.2) is 17.8 Å². The first-order valence-corrected chi connectivity index (χ1v) is 13.7. The Morgan fingerprint density at radius 3 is 2.05 bits per heavy atom. The van der Waals surface area contributed by atoms with Gasteiger partial charge in [0, 0.05) is 39.4 Å². The molecule has 2 N–H and O–H groups in total. The third kappa shape index (κ3) is 13.7. The van der Waals surface area contributed by atoms with Crippen molar-refractivity contribution in [1.82, 2.24) is 25.3 Å². The number of nitrogens with zero attached hydrogens (tertiary/aromatic N) is 4. The van der Waals surface area contributed by atoms with E-state index in [0.717, 1.165) is 0 Å². The van der Waals surface area contributed by atoms with Crippen LogP contribution in [0.1, 0.15) is 12.6 Å². The first-order valence-electron chi connectivity index (χ1n) is 13.7. The van der Waals surface area contributed by atoms with E-state index in [4.69, 9.17) is 23.7 Å². The molecule has 3 amide bonds. The Morgan fingerprint density at radius 1 is 0.976 bits per heavy atom. The highest BCUT2D eigenvalue weighted by Gasteiger charge is 2.37. The van der Waals surface area contributed by atoms with Gasteiger partial charge < -0.3 is 39.2 Å². The van der Waals surface area contributed by atoms with E-state index in [0.29, 0.717) is 97.8 Å². The molecule has 2 atom stereocenters. The molecule has 14 heteroatoms. The lowest BCUT2D eigenvalue weighted by molar-refractivity contribution is -0.127. The van der Waals surface area contributed by atoms with Crippen LogP contribution in [0.3, 0.4) is 0 Å². The fraction of sp³-hybridized carbons (Fsp3) is 0.667. The Balaban J connectivity index is 1.46. The number of amides is 3. The zero-order valence-electron chi connectivity index (χ0n) is 23.9. The number of hydrogen-bond acceptors (Lipinski definition) is 10. The fourth-order valence-corrected chi connectivity index (χ4v) is 3.99. The lowest BCUT2D eigenvalue weighted by atomic mass is 9.97. The normalized spacial score (nSPS) is 16.9. The van der Waals surface area contributed by atoms with Crippen LogP contribution in [0.4, 0.5) is 0 Å². The second kappa shape index (κ2) is 20.5. The summed E-state index contributed by atoms with van der Waals surface area (Å²) in [6.07, 6.45) is 3.83. The number of aromatic nitrogens is 2. The molecule has 0 radical (unpaired) electrons. The van der Waals surface area contributed by atoms with Crippen molar-refractivity contribution in [2.24, 2.45) is 18.9 Å². The van der Waals surface area contributed by atoms with Gasteiger partial charge in [-0.15, -0.1) is 0 Å². The third-order valence-corrected chi connectivity index (χ3v) is 6.12. The van der Waals surface area contributed by atoms with Gasteiger partial charge in [0.15, 0.2) is 0 Å². The number of aryl methyl sites for hydroxylation is 1. The molecule has 1 aromatic heterocycles. The minimum absolute atomic E-state index is 0.00689. The minimum atomic E-state index is -0.398. The van der Waals surface area contributed by atoms with Crippen LogP contribution >= 0.6 is 0 Å². The summed E-state index contributed by atoms with van der Waals surface area (Å²) in [5.74, 6) is -0.924. The molecule has 14 nitrogen and oxygen atoms in total.